The van der Waals surface area contributed by atoms with Gasteiger partial charge in [-0.25, -0.2) is 8.42 Å². The molecule has 0 bridgehead atoms. The summed E-state index contributed by atoms with van der Waals surface area (Å²) >= 11 is 0. The molecule has 116 valence electrons. The second kappa shape index (κ2) is 6.16. The summed E-state index contributed by atoms with van der Waals surface area (Å²) in [6.45, 7) is 1.28. The number of hydrogen-bond acceptors (Lipinski definition) is 4. The summed E-state index contributed by atoms with van der Waals surface area (Å²) in [6.07, 6.45) is 2.35. The number of hydrogen-bond donors (Lipinski definition) is 1. The molecule has 2 aliphatic rings. The molecule has 1 saturated heterocycles. The largest absolute Gasteiger partial charge is 0.310 e. The third-order valence-corrected chi connectivity index (χ3v) is 7.16. The molecule has 1 N–H and O–H groups in total. The average Bonchev–Trinajstić information content (AvgIpc) is 3.30. The Bertz CT molecular complexity index is 631. The molecule has 0 amide bonds. The number of nitrogens with zero attached hydrogens (tertiary/aromatic N) is 1. The minimum atomic E-state index is -3.48. The molecule has 7 heteroatoms. The molecular weight excluding hydrogens is 308 g/mol. The van der Waals surface area contributed by atoms with Crippen molar-refractivity contribution in [2.75, 3.05) is 24.6 Å². The van der Waals surface area contributed by atoms with Crippen molar-refractivity contribution in [1.82, 2.24) is 9.62 Å². The number of benzene rings is 1. The van der Waals surface area contributed by atoms with Crippen LogP contribution >= 0.6 is 0 Å². The molecule has 1 aliphatic heterocycles. The highest BCUT2D eigenvalue weighted by Gasteiger charge is 2.30. The van der Waals surface area contributed by atoms with Gasteiger partial charge in [-0.1, -0.05) is 18.2 Å². The van der Waals surface area contributed by atoms with E-state index in [2.05, 4.69) is 5.32 Å². The van der Waals surface area contributed by atoms with E-state index in [0.717, 1.165) is 5.56 Å². The molecule has 2 fully saturated rings. The molecule has 3 rings (SSSR count). The van der Waals surface area contributed by atoms with Crippen LogP contribution in [0.15, 0.2) is 29.2 Å². The van der Waals surface area contributed by atoms with Gasteiger partial charge in [0.25, 0.3) is 0 Å². The molecule has 0 atom stereocenters. The molecular formula is C14H20N2O3S2. The lowest BCUT2D eigenvalue weighted by molar-refractivity contribution is 0.437. The van der Waals surface area contributed by atoms with E-state index in [-0.39, 0.29) is 0 Å². The Balaban J connectivity index is 1.81. The summed E-state index contributed by atoms with van der Waals surface area (Å²) in [5.74, 6) is 0.865. The van der Waals surface area contributed by atoms with Crippen LogP contribution in [0.1, 0.15) is 18.4 Å². The molecule has 0 unspecified atom stereocenters. The third-order valence-electron chi connectivity index (χ3n) is 3.89. The van der Waals surface area contributed by atoms with Crippen molar-refractivity contribution < 1.29 is 12.6 Å². The topological polar surface area (TPSA) is 66.5 Å². The maximum Gasteiger partial charge on any atom is 0.243 e. The second-order valence-corrected chi connectivity index (χ2v) is 9.12. The van der Waals surface area contributed by atoms with Crippen molar-refractivity contribution in [3.63, 3.8) is 0 Å². The molecule has 0 spiro atoms. The summed E-state index contributed by atoms with van der Waals surface area (Å²) in [5, 5.41) is 3.36. The van der Waals surface area contributed by atoms with Crippen LogP contribution in [0.3, 0.4) is 0 Å². The summed E-state index contributed by atoms with van der Waals surface area (Å²) in [4.78, 5) is 0.380. The van der Waals surface area contributed by atoms with Gasteiger partial charge in [-0.05, 0) is 24.5 Å². The Labute approximate surface area is 128 Å². The minimum absolute atomic E-state index is 0.347. The lowest BCUT2D eigenvalue weighted by Gasteiger charge is -2.26. The van der Waals surface area contributed by atoms with Crippen LogP contribution in [-0.4, -0.2) is 47.6 Å². The first-order valence-electron chi connectivity index (χ1n) is 7.24. The van der Waals surface area contributed by atoms with E-state index in [1.54, 1.807) is 12.1 Å². The van der Waals surface area contributed by atoms with E-state index in [0.29, 0.717) is 42.1 Å². The highest BCUT2D eigenvalue weighted by molar-refractivity contribution is 7.89. The van der Waals surface area contributed by atoms with E-state index in [1.165, 1.54) is 17.1 Å². The molecule has 1 saturated carbocycles. The summed E-state index contributed by atoms with van der Waals surface area (Å²) in [6, 6.07) is 7.71. The Hall–Kier alpha value is -0.760. The highest BCUT2D eigenvalue weighted by Crippen LogP contribution is 2.24. The van der Waals surface area contributed by atoms with Crippen LogP contribution in [0.5, 0.6) is 0 Å². The van der Waals surface area contributed by atoms with Gasteiger partial charge >= 0.3 is 0 Å². The fourth-order valence-corrected chi connectivity index (χ4v) is 5.39. The molecule has 1 aromatic rings. The van der Waals surface area contributed by atoms with Gasteiger partial charge in [0.1, 0.15) is 0 Å². The predicted molar refractivity (Wildman–Crippen MR) is 82.9 cm³/mol. The van der Waals surface area contributed by atoms with Crippen molar-refractivity contribution in [3.05, 3.63) is 29.8 Å². The fourth-order valence-electron chi connectivity index (χ4n) is 2.44. The van der Waals surface area contributed by atoms with Crippen LogP contribution < -0.4 is 5.32 Å². The SMILES string of the molecule is O=S1CCN(S(=O)(=O)c2ccccc2CNC2CC2)CC1. The maximum absolute atomic E-state index is 12.8. The van der Waals surface area contributed by atoms with E-state index < -0.39 is 20.8 Å². The van der Waals surface area contributed by atoms with Crippen molar-refractivity contribution in [2.24, 2.45) is 0 Å². The molecule has 1 aliphatic carbocycles. The van der Waals surface area contributed by atoms with Crippen molar-refractivity contribution >= 4 is 20.8 Å². The van der Waals surface area contributed by atoms with Gasteiger partial charge < -0.3 is 5.32 Å². The lowest BCUT2D eigenvalue weighted by Crippen LogP contribution is -2.42. The summed E-state index contributed by atoms with van der Waals surface area (Å²) in [7, 11) is -4.36. The van der Waals surface area contributed by atoms with Crippen LogP contribution in [0.25, 0.3) is 0 Å². The summed E-state index contributed by atoms with van der Waals surface area (Å²) < 4.78 is 38.4. The third kappa shape index (κ3) is 3.53. The Morgan fingerprint density at radius 1 is 1.19 bits per heavy atom. The van der Waals surface area contributed by atoms with Crippen LogP contribution in [0.2, 0.25) is 0 Å². The monoisotopic (exact) mass is 328 g/mol. The number of nitrogens with one attached hydrogen (secondary N) is 1. The molecule has 0 radical (unpaired) electrons. The van der Waals surface area contributed by atoms with E-state index in [9.17, 15) is 12.6 Å². The van der Waals surface area contributed by atoms with Gasteiger partial charge in [0.15, 0.2) is 0 Å². The quantitative estimate of drug-likeness (QED) is 0.864. The van der Waals surface area contributed by atoms with Gasteiger partial charge in [-0.3, -0.25) is 4.21 Å². The summed E-state index contributed by atoms with van der Waals surface area (Å²) in [5.41, 5.74) is 0.816. The van der Waals surface area contributed by atoms with E-state index >= 15 is 0 Å². The van der Waals surface area contributed by atoms with Crippen LogP contribution in [0.4, 0.5) is 0 Å². The van der Waals surface area contributed by atoms with E-state index in [1.807, 2.05) is 12.1 Å². The zero-order chi connectivity index (χ0) is 14.9. The standard InChI is InChI=1S/C14H20N2O3S2/c17-20-9-7-16(8-10-20)21(18,19)14-4-2-1-3-12(14)11-15-13-5-6-13/h1-4,13,15H,5-11H2. The van der Waals surface area contributed by atoms with Gasteiger partial charge in [-0.2, -0.15) is 4.31 Å². The van der Waals surface area contributed by atoms with Crippen LogP contribution in [0, 0.1) is 0 Å². The first-order valence-corrected chi connectivity index (χ1v) is 10.2. The van der Waals surface area contributed by atoms with Gasteiger partial charge in [0, 0.05) is 48.0 Å². The van der Waals surface area contributed by atoms with Crippen molar-refractivity contribution in [1.29, 1.82) is 0 Å². The fraction of sp³-hybridized carbons (Fsp3) is 0.571. The van der Waals surface area contributed by atoms with Gasteiger partial charge in [0.2, 0.25) is 10.0 Å². The minimum Gasteiger partial charge on any atom is -0.310 e. The Morgan fingerprint density at radius 3 is 2.52 bits per heavy atom. The first-order chi connectivity index (χ1) is 10.1. The smallest absolute Gasteiger partial charge is 0.243 e. The zero-order valence-corrected chi connectivity index (χ0v) is 13.5. The lowest BCUT2D eigenvalue weighted by atomic mass is 10.2. The van der Waals surface area contributed by atoms with Crippen LogP contribution in [-0.2, 0) is 27.4 Å². The molecule has 5 nitrogen and oxygen atoms in total. The van der Waals surface area contributed by atoms with E-state index in [4.69, 9.17) is 0 Å². The Kier molecular flexibility index (Phi) is 4.44. The number of sulfonamides is 1. The Morgan fingerprint density at radius 2 is 1.86 bits per heavy atom. The molecule has 0 aromatic heterocycles. The van der Waals surface area contributed by atoms with Gasteiger partial charge in [-0.15, -0.1) is 0 Å². The average molecular weight is 328 g/mol. The maximum atomic E-state index is 12.8. The predicted octanol–water partition coefficient (Wildman–Crippen LogP) is 0.692. The molecule has 21 heavy (non-hydrogen) atoms. The van der Waals surface area contributed by atoms with Crippen molar-refractivity contribution in [3.8, 4) is 0 Å². The molecule has 1 aromatic carbocycles. The van der Waals surface area contributed by atoms with Gasteiger partial charge in [0.05, 0.1) is 4.90 Å². The van der Waals surface area contributed by atoms with Crippen molar-refractivity contribution in [2.45, 2.75) is 30.3 Å². The number of rotatable bonds is 5. The first kappa shape index (κ1) is 15.1. The normalized spacial score (nSPS) is 21.5. The molecule has 1 heterocycles. The zero-order valence-electron chi connectivity index (χ0n) is 11.8. The highest BCUT2D eigenvalue weighted by atomic mass is 32.2. The second-order valence-electron chi connectivity index (χ2n) is 5.52.